The number of carbonyl (C=O) groups is 1. The first-order valence-electron chi connectivity index (χ1n) is 6.44. The lowest BCUT2D eigenvalue weighted by Crippen LogP contribution is -2.21. The van der Waals surface area contributed by atoms with E-state index in [1.54, 1.807) is 12.2 Å². The van der Waals surface area contributed by atoms with E-state index in [1.807, 2.05) is 24.3 Å². The normalized spacial score (nSPS) is 10.8. The molecule has 0 saturated heterocycles. The van der Waals surface area contributed by atoms with E-state index in [0.29, 0.717) is 5.02 Å². The van der Waals surface area contributed by atoms with Gasteiger partial charge < -0.3 is 5.32 Å². The summed E-state index contributed by atoms with van der Waals surface area (Å²) < 4.78 is 0. The van der Waals surface area contributed by atoms with Crippen molar-refractivity contribution in [1.82, 2.24) is 5.32 Å². The number of hydrogen-bond acceptors (Lipinski definition) is 1. The van der Waals surface area contributed by atoms with Gasteiger partial charge in [-0.1, -0.05) is 49.9 Å². The summed E-state index contributed by atoms with van der Waals surface area (Å²) in [6.45, 7) is 2.93. The van der Waals surface area contributed by atoms with Gasteiger partial charge in [-0.2, -0.15) is 0 Å². The van der Waals surface area contributed by atoms with E-state index in [-0.39, 0.29) is 5.91 Å². The molecular weight excluding hydrogens is 246 g/mol. The number of hydrogen-bond donors (Lipinski definition) is 1. The van der Waals surface area contributed by atoms with Gasteiger partial charge in [0.05, 0.1) is 0 Å². The molecule has 0 spiro atoms. The molecule has 2 nitrogen and oxygen atoms in total. The second kappa shape index (κ2) is 8.76. The largest absolute Gasteiger partial charge is 0.353 e. The van der Waals surface area contributed by atoms with Crippen molar-refractivity contribution < 1.29 is 4.79 Å². The summed E-state index contributed by atoms with van der Waals surface area (Å²) in [7, 11) is 0. The van der Waals surface area contributed by atoms with Crippen LogP contribution in [0.4, 0.5) is 0 Å². The Morgan fingerprint density at radius 2 is 1.94 bits per heavy atom. The second-order valence-corrected chi connectivity index (χ2v) is 4.67. The average molecular weight is 266 g/mol. The molecule has 0 aliphatic carbocycles. The first-order chi connectivity index (χ1) is 8.72. The molecule has 0 aliphatic rings. The highest BCUT2D eigenvalue weighted by Gasteiger charge is 1.95. The smallest absolute Gasteiger partial charge is 0.243 e. The summed E-state index contributed by atoms with van der Waals surface area (Å²) in [6.07, 6.45) is 8.02. The highest BCUT2D eigenvalue weighted by Crippen LogP contribution is 2.10. The Labute approximate surface area is 114 Å². The molecule has 0 aliphatic heterocycles. The molecule has 1 aromatic rings. The van der Waals surface area contributed by atoms with Gasteiger partial charge in [-0.25, -0.2) is 0 Å². The summed E-state index contributed by atoms with van der Waals surface area (Å²) in [5.41, 5.74) is 0.973. The molecule has 0 bridgehead atoms. The molecule has 3 heteroatoms. The predicted molar refractivity (Wildman–Crippen MR) is 77.6 cm³/mol. The van der Waals surface area contributed by atoms with Crippen LogP contribution in [0.15, 0.2) is 30.3 Å². The molecule has 18 heavy (non-hydrogen) atoms. The Morgan fingerprint density at radius 3 is 2.61 bits per heavy atom. The van der Waals surface area contributed by atoms with E-state index >= 15 is 0 Å². The Balaban J connectivity index is 2.25. The average Bonchev–Trinajstić information content (AvgIpc) is 2.38. The minimum absolute atomic E-state index is 0.0403. The molecule has 0 radical (unpaired) electrons. The number of rotatable bonds is 7. The predicted octanol–water partition coefficient (Wildman–Crippen LogP) is 4.05. The van der Waals surface area contributed by atoms with Gasteiger partial charge in [0, 0.05) is 17.6 Å². The van der Waals surface area contributed by atoms with Crippen molar-refractivity contribution in [3.8, 4) is 0 Å². The van der Waals surface area contributed by atoms with E-state index in [9.17, 15) is 4.79 Å². The molecule has 0 heterocycles. The first-order valence-corrected chi connectivity index (χ1v) is 6.81. The van der Waals surface area contributed by atoms with Gasteiger partial charge in [0.1, 0.15) is 0 Å². The molecule has 0 saturated carbocycles. The second-order valence-electron chi connectivity index (χ2n) is 4.24. The van der Waals surface area contributed by atoms with Crippen LogP contribution in [0.25, 0.3) is 6.08 Å². The van der Waals surface area contributed by atoms with Crippen LogP contribution in [0, 0.1) is 0 Å². The topological polar surface area (TPSA) is 29.1 Å². The standard InChI is InChI=1S/C15H20ClNO/c1-2-3-4-5-12-17-15(18)11-8-13-6-9-14(16)10-7-13/h6-11H,2-5,12H2,1H3,(H,17,18)/b11-8+. The van der Waals surface area contributed by atoms with Crippen LogP contribution in [0.1, 0.15) is 38.2 Å². The van der Waals surface area contributed by atoms with Crippen LogP contribution >= 0.6 is 11.6 Å². The highest BCUT2D eigenvalue weighted by atomic mass is 35.5. The third kappa shape index (κ3) is 6.45. The molecule has 0 unspecified atom stereocenters. The molecule has 0 atom stereocenters. The van der Waals surface area contributed by atoms with Crippen molar-refractivity contribution in [2.24, 2.45) is 0 Å². The monoisotopic (exact) mass is 265 g/mol. The van der Waals surface area contributed by atoms with Gasteiger partial charge in [0.25, 0.3) is 0 Å². The van der Waals surface area contributed by atoms with E-state index in [2.05, 4.69) is 12.2 Å². The van der Waals surface area contributed by atoms with Crippen molar-refractivity contribution in [1.29, 1.82) is 0 Å². The fourth-order valence-corrected chi connectivity index (χ4v) is 1.69. The lowest BCUT2D eigenvalue weighted by atomic mass is 10.2. The van der Waals surface area contributed by atoms with Gasteiger partial charge in [0.15, 0.2) is 0 Å². The van der Waals surface area contributed by atoms with Gasteiger partial charge >= 0.3 is 0 Å². The Morgan fingerprint density at radius 1 is 1.22 bits per heavy atom. The number of benzene rings is 1. The zero-order valence-corrected chi connectivity index (χ0v) is 11.5. The molecule has 1 aromatic carbocycles. The van der Waals surface area contributed by atoms with Crippen molar-refractivity contribution in [2.75, 3.05) is 6.54 Å². The van der Waals surface area contributed by atoms with Crippen molar-refractivity contribution in [3.05, 3.63) is 40.9 Å². The Kier molecular flexibility index (Phi) is 7.19. The Bertz CT molecular complexity index is 384. The van der Waals surface area contributed by atoms with Gasteiger partial charge in [-0.3, -0.25) is 4.79 Å². The fourth-order valence-electron chi connectivity index (χ4n) is 1.57. The highest BCUT2D eigenvalue weighted by molar-refractivity contribution is 6.30. The summed E-state index contributed by atoms with van der Waals surface area (Å²) in [5, 5.41) is 3.57. The zero-order chi connectivity index (χ0) is 13.2. The maximum Gasteiger partial charge on any atom is 0.243 e. The number of unbranched alkanes of at least 4 members (excludes halogenated alkanes) is 3. The zero-order valence-electron chi connectivity index (χ0n) is 10.8. The molecular formula is C15H20ClNO. The van der Waals surface area contributed by atoms with Crippen LogP contribution < -0.4 is 5.32 Å². The third-order valence-electron chi connectivity index (χ3n) is 2.63. The van der Waals surface area contributed by atoms with Gasteiger partial charge in [-0.15, -0.1) is 0 Å². The number of amides is 1. The van der Waals surface area contributed by atoms with E-state index < -0.39 is 0 Å². The lowest BCUT2D eigenvalue weighted by molar-refractivity contribution is -0.116. The molecule has 1 amide bonds. The maximum atomic E-state index is 11.5. The molecule has 98 valence electrons. The van der Waals surface area contributed by atoms with Crippen molar-refractivity contribution in [3.63, 3.8) is 0 Å². The minimum Gasteiger partial charge on any atom is -0.353 e. The number of nitrogens with one attached hydrogen (secondary N) is 1. The van der Waals surface area contributed by atoms with Gasteiger partial charge in [-0.05, 0) is 30.2 Å². The third-order valence-corrected chi connectivity index (χ3v) is 2.88. The maximum absolute atomic E-state index is 11.5. The molecule has 1 N–H and O–H groups in total. The molecule has 1 rings (SSSR count). The SMILES string of the molecule is CCCCCCNC(=O)/C=C/c1ccc(Cl)cc1. The Hall–Kier alpha value is -1.28. The van der Waals surface area contributed by atoms with E-state index in [1.165, 1.54) is 19.3 Å². The number of carbonyl (C=O) groups excluding carboxylic acids is 1. The van der Waals surface area contributed by atoms with Crippen LogP contribution in [0.2, 0.25) is 5.02 Å². The lowest BCUT2D eigenvalue weighted by Gasteiger charge is -2.01. The van der Waals surface area contributed by atoms with Crippen molar-refractivity contribution >= 4 is 23.6 Å². The van der Waals surface area contributed by atoms with Crippen LogP contribution in [0.3, 0.4) is 0 Å². The summed E-state index contributed by atoms with van der Waals surface area (Å²) in [4.78, 5) is 11.5. The minimum atomic E-state index is -0.0403. The van der Waals surface area contributed by atoms with Crippen molar-refractivity contribution in [2.45, 2.75) is 32.6 Å². The van der Waals surface area contributed by atoms with E-state index in [0.717, 1.165) is 18.5 Å². The summed E-state index contributed by atoms with van der Waals surface area (Å²) in [6, 6.07) is 7.38. The first kappa shape index (κ1) is 14.8. The van der Waals surface area contributed by atoms with Crippen LogP contribution in [-0.4, -0.2) is 12.5 Å². The summed E-state index contributed by atoms with van der Waals surface area (Å²) in [5.74, 6) is -0.0403. The fraction of sp³-hybridized carbons (Fsp3) is 0.400. The van der Waals surface area contributed by atoms with Crippen LogP contribution in [-0.2, 0) is 4.79 Å². The van der Waals surface area contributed by atoms with Crippen LogP contribution in [0.5, 0.6) is 0 Å². The molecule has 0 aromatic heterocycles. The quantitative estimate of drug-likeness (QED) is 0.585. The number of halogens is 1. The van der Waals surface area contributed by atoms with E-state index in [4.69, 9.17) is 11.6 Å². The van der Waals surface area contributed by atoms with Gasteiger partial charge in [0.2, 0.25) is 5.91 Å². The summed E-state index contributed by atoms with van der Waals surface area (Å²) >= 11 is 5.78. The molecule has 0 fully saturated rings.